The van der Waals surface area contributed by atoms with Gasteiger partial charge in [0, 0.05) is 25.7 Å². The molecule has 0 radical (unpaired) electrons. The summed E-state index contributed by atoms with van der Waals surface area (Å²) >= 11 is 0. The van der Waals surface area contributed by atoms with Crippen LogP contribution in [0.2, 0.25) is 0 Å². The van der Waals surface area contributed by atoms with Crippen molar-refractivity contribution in [2.24, 2.45) is 0 Å². The summed E-state index contributed by atoms with van der Waals surface area (Å²) in [6.07, 6.45) is 0.753. The van der Waals surface area contributed by atoms with Crippen LogP contribution in [0.3, 0.4) is 0 Å². The summed E-state index contributed by atoms with van der Waals surface area (Å²) in [5, 5.41) is 7.15. The third-order valence-electron chi connectivity index (χ3n) is 4.06. The topological polar surface area (TPSA) is 76.5 Å². The van der Waals surface area contributed by atoms with E-state index in [0.717, 1.165) is 25.1 Å². The quantitative estimate of drug-likeness (QED) is 0.824. The fraction of sp³-hybridized carbons (Fsp3) is 0.389. The monoisotopic (exact) mass is 342 g/mol. The molecule has 3 rings (SSSR count). The molecule has 1 aliphatic rings. The van der Waals surface area contributed by atoms with E-state index in [1.165, 1.54) is 10.7 Å². The van der Waals surface area contributed by atoms with Crippen LogP contribution in [-0.2, 0) is 22.5 Å². The summed E-state index contributed by atoms with van der Waals surface area (Å²) in [5.41, 5.74) is 0.877. The highest BCUT2D eigenvalue weighted by Crippen LogP contribution is 2.09. The maximum absolute atomic E-state index is 12.1. The molecule has 2 aromatic rings. The predicted octanol–water partition coefficient (Wildman–Crippen LogP) is 0.439. The molecule has 1 amide bonds. The lowest BCUT2D eigenvalue weighted by Gasteiger charge is -2.27. The molecule has 2 heterocycles. The molecular formula is C18H22N4O3. The first-order chi connectivity index (χ1) is 12.2. The van der Waals surface area contributed by atoms with Crippen molar-refractivity contribution >= 4 is 11.7 Å². The Balaban J connectivity index is 1.56. The van der Waals surface area contributed by atoms with Crippen LogP contribution in [0, 0.1) is 0 Å². The first-order valence-corrected chi connectivity index (χ1v) is 8.44. The molecule has 1 saturated heterocycles. The number of nitrogens with one attached hydrogen (secondary N) is 1. The van der Waals surface area contributed by atoms with Crippen LogP contribution >= 0.6 is 0 Å². The van der Waals surface area contributed by atoms with Gasteiger partial charge in [0.05, 0.1) is 13.2 Å². The van der Waals surface area contributed by atoms with Gasteiger partial charge in [-0.25, -0.2) is 4.68 Å². The molecule has 0 unspecified atom stereocenters. The Labute approximate surface area is 146 Å². The van der Waals surface area contributed by atoms with E-state index in [1.54, 1.807) is 6.07 Å². The van der Waals surface area contributed by atoms with Gasteiger partial charge in [0.1, 0.15) is 12.4 Å². The van der Waals surface area contributed by atoms with Gasteiger partial charge in [-0.1, -0.05) is 30.3 Å². The van der Waals surface area contributed by atoms with Gasteiger partial charge >= 0.3 is 0 Å². The minimum absolute atomic E-state index is 0.0776. The number of aromatic nitrogens is 2. The van der Waals surface area contributed by atoms with Gasteiger partial charge in [-0.15, -0.1) is 0 Å². The summed E-state index contributed by atoms with van der Waals surface area (Å²) in [6, 6.07) is 13.1. The number of rotatable bonds is 6. The molecule has 1 aliphatic heterocycles. The number of carbonyl (C=O) groups excluding carboxylic acids is 1. The third-order valence-corrected chi connectivity index (χ3v) is 4.06. The largest absolute Gasteiger partial charge is 0.378 e. The number of ether oxygens (including phenoxy) is 1. The van der Waals surface area contributed by atoms with Gasteiger partial charge in [0.25, 0.3) is 5.56 Å². The summed E-state index contributed by atoms with van der Waals surface area (Å²) in [7, 11) is 0. The van der Waals surface area contributed by atoms with Crippen molar-refractivity contribution in [1.29, 1.82) is 0 Å². The third kappa shape index (κ3) is 4.90. The Bertz CT molecular complexity index is 754. The minimum Gasteiger partial charge on any atom is -0.378 e. The van der Waals surface area contributed by atoms with Gasteiger partial charge in [0.15, 0.2) is 0 Å². The van der Waals surface area contributed by atoms with Crippen LogP contribution in [0.1, 0.15) is 5.56 Å². The second-order valence-corrected chi connectivity index (χ2v) is 5.87. The Morgan fingerprint density at radius 1 is 1.12 bits per heavy atom. The number of carbonyl (C=O) groups is 1. The van der Waals surface area contributed by atoms with Crippen LogP contribution in [-0.4, -0.2) is 48.5 Å². The van der Waals surface area contributed by atoms with E-state index in [0.29, 0.717) is 25.6 Å². The Morgan fingerprint density at radius 3 is 2.64 bits per heavy atom. The van der Waals surface area contributed by atoms with Crippen molar-refractivity contribution in [2.45, 2.75) is 13.0 Å². The van der Waals surface area contributed by atoms with Gasteiger partial charge in [-0.3, -0.25) is 9.59 Å². The zero-order chi connectivity index (χ0) is 17.5. The summed E-state index contributed by atoms with van der Waals surface area (Å²) in [5.74, 6) is 0.477. The van der Waals surface area contributed by atoms with Crippen molar-refractivity contribution in [3.63, 3.8) is 0 Å². The molecule has 7 heteroatoms. The average molecular weight is 342 g/mol. The molecule has 0 aliphatic carbocycles. The van der Waals surface area contributed by atoms with Crippen LogP contribution in [0.15, 0.2) is 47.3 Å². The van der Waals surface area contributed by atoms with Gasteiger partial charge in [0.2, 0.25) is 5.91 Å². The van der Waals surface area contributed by atoms with E-state index in [1.807, 2.05) is 35.2 Å². The zero-order valence-corrected chi connectivity index (χ0v) is 14.1. The summed E-state index contributed by atoms with van der Waals surface area (Å²) in [6.45, 7) is 3.19. The molecule has 1 N–H and O–H groups in total. The van der Waals surface area contributed by atoms with Crippen molar-refractivity contribution in [1.82, 2.24) is 15.1 Å². The first-order valence-electron chi connectivity index (χ1n) is 8.44. The highest BCUT2D eigenvalue weighted by molar-refractivity contribution is 5.75. The van der Waals surface area contributed by atoms with E-state index < -0.39 is 0 Å². The number of benzene rings is 1. The lowest BCUT2D eigenvalue weighted by molar-refractivity contribution is -0.121. The molecule has 0 saturated carbocycles. The molecule has 0 spiro atoms. The fourth-order valence-corrected chi connectivity index (χ4v) is 2.70. The second-order valence-electron chi connectivity index (χ2n) is 5.87. The highest BCUT2D eigenvalue weighted by atomic mass is 16.5. The number of amides is 1. The van der Waals surface area contributed by atoms with E-state index in [-0.39, 0.29) is 18.0 Å². The smallest absolute Gasteiger partial charge is 0.267 e. The lowest BCUT2D eigenvalue weighted by atomic mass is 10.1. The molecule has 1 fully saturated rings. The van der Waals surface area contributed by atoms with Crippen LogP contribution in [0.25, 0.3) is 0 Å². The molecular weight excluding hydrogens is 320 g/mol. The van der Waals surface area contributed by atoms with Crippen molar-refractivity contribution < 1.29 is 9.53 Å². The van der Waals surface area contributed by atoms with Gasteiger partial charge in [-0.2, -0.15) is 5.10 Å². The number of nitrogens with zero attached hydrogens (tertiary/aromatic N) is 3. The second kappa shape index (κ2) is 8.43. The number of anilines is 1. The number of hydrogen-bond donors (Lipinski definition) is 1. The molecule has 1 aromatic carbocycles. The number of morpholine rings is 1. The molecule has 0 atom stereocenters. The Kier molecular flexibility index (Phi) is 5.79. The van der Waals surface area contributed by atoms with Crippen LogP contribution < -0.4 is 15.8 Å². The standard InChI is InChI=1S/C18H22N4O3/c23-17(19-9-8-15-4-2-1-3-5-15)14-22-18(24)7-6-16(20-22)21-10-12-25-13-11-21/h1-7H,8-14H2,(H,19,23). The van der Waals surface area contributed by atoms with Crippen LogP contribution in [0.4, 0.5) is 5.82 Å². The van der Waals surface area contributed by atoms with E-state index in [2.05, 4.69) is 10.4 Å². The fourth-order valence-electron chi connectivity index (χ4n) is 2.70. The molecule has 1 aromatic heterocycles. The predicted molar refractivity (Wildman–Crippen MR) is 94.7 cm³/mol. The summed E-state index contributed by atoms with van der Waals surface area (Å²) < 4.78 is 6.53. The maximum Gasteiger partial charge on any atom is 0.267 e. The molecule has 7 nitrogen and oxygen atoms in total. The van der Waals surface area contributed by atoms with Crippen molar-refractivity contribution in [3.05, 3.63) is 58.4 Å². The molecule has 132 valence electrons. The van der Waals surface area contributed by atoms with Gasteiger partial charge in [-0.05, 0) is 18.1 Å². The maximum atomic E-state index is 12.1. The van der Waals surface area contributed by atoms with Crippen molar-refractivity contribution in [2.75, 3.05) is 37.7 Å². The van der Waals surface area contributed by atoms with E-state index >= 15 is 0 Å². The van der Waals surface area contributed by atoms with Crippen LogP contribution in [0.5, 0.6) is 0 Å². The average Bonchev–Trinajstić information content (AvgIpc) is 2.65. The number of hydrogen-bond acceptors (Lipinski definition) is 5. The first kappa shape index (κ1) is 17.2. The highest BCUT2D eigenvalue weighted by Gasteiger charge is 2.14. The van der Waals surface area contributed by atoms with E-state index in [9.17, 15) is 9.59 Å². The Morgan fingerprint density at radius 2 is 1.88 bits per heavy atom. The minimum atomic E-state index is -0.282. The van der Waals surface area contributed by atoms with E-state index in [4.69, 9.17) is 4.74 Å². The lowest BCUT2D eigenvalue weighted by Crippen LogP contribution is -2.39. The zero-order valence-electron chi connectivity index (χ0n) is 14.1. The molecule has 0 bridgehead atoms. The molecule has 25 heavy (non-hydrogen) atoms. The normalized spacial score (nSPS) is 14.3. The summed E-state index contributed by atoms with van der Waals surface area (Å²) in [4.78, 5) is 26.1. The van der Waals surface area contributed by atoms with Crippen molar-refractivity contribution in [3.8, 4) is 0 Å². The Hall–Kier alpha value is -2.67. The van der Waals surface area contributed by atoms with Gasteiger partial charge < -0.3 is 15.0 Å². The SMILES string of the molecule is O=C(Cn1nc(N2CCOCC2)ccc1=O)NCCc1ccccc1.